The lowest BCUT2D eigenvalue weighted by Crippen LogP contribution is -2.12. The van der Waals surface area contributed by atoms with Gasteiger partial charge in [-0.1, -0.05) is 30.3 Å². The summed E-state index contributed by atoms with van der Waals surface area (Å²) in [6, 6.07) is 15.8. The summed E-state index contributed by atoms with van der Waals surface area (Å²) in [5.41, 5.74) is 2.58. The lowest BCUT2D eigenvalue weighted by molar-refractivity contribution is -0.134. The van der Waals surface area contributed by atoms with Crippen molar-refractivity contribution in [3.8, 4) is 11.3 Å². The molecule has 0 aliphatic carbocycles. The predicted molar refractivity (Wildman–Crippen MR) is 90.3 cm³/mol. The molecule has 0 unspecified atom stereocenters. The third-order valence-corrected chi connectivity index (χ3v) is 3.55. The maximum absolute atomic E-state index is 11.6. The summed E-state index contributed by atoms with van der Waals surface area (Å²) in [5, 5.41) is 21.5. The molecule has 0 aliphatic rings. The second-order valence-electron chi connectivity index (χ2n) is 5.21. The van der Waals surface area contributed by atoms with Gasteiger partial charge in [-0.2, -0.15) is 0 Å². The number of carboxylic acid groups (broad SMARTS) is 2. The molecular weight excluding hydrogens is 308 g/mol. The molecule has 0 spiro atoms. The molecule has 120 valence electrons. The smallest absolute Gasteiger partial charge is 0.336 e. The lowest BCUT2D eigenvalue weighted by Gasteiger charge is -2.09. The van der Waals surface area contributed by atoms with E-state index < -0.39 is 11.9 Å². The number of aliphatic carboxylic acids is 1. The van der Waals surface area contributed by atoms with Crippen LogP contribution in [0.5, 0.6) is 0 Å². The van der Waals surface area contributed by atoms with Crippen molar-refractivity contribution < 1.29 is 19.8 Å². The third kappa shape index (κ3) is 3.17. The van der Waals surface area contributed by atoms with E-state index in [1.165, 1.54) is 0 Å². The van der Waals surface area contributed by atoms with Crippen LogP contribution < -0.4 is 5.32 Å². The Kier molecular flexibility index (Phi) is 4.11. The molecule has 0 saturated carbocycles. The van der Waals surface area contributed by atoms with Crippen LogP contribution in [0.3, 0.4) is 0 Å². The van der Waals surface area contributed by atoms with Gasteiger partial charge >= 0.3 is 11.9 Å². The van der Waals surface area contributed by atoms with Crippen LogP contribution in [0.4, 0.5) is 5.69 Å². The Balaban J connectivity index is 2.14. The number of benzene rings is 2. The fourth-order valence-corrected chi connectivity index (χ4v) is 2.45. The first-order chi connectivity index (χ1) is 11.5. The molecule has 0 radical (unpaired) electrons. The highest BCUT2D eigenvalue weighted by atomic mass is 16.4. The van der Waals surface area contributed by atoms with E-state index >= 15 is 0 Å². The number of aromatic nitrogens is 1. The molecule has 24 heavy (non-hydrogen) atoms. The SMILES string of the molecule is O=C(O)CNc1ccc2c(C(=O)O)cc(-c3ccccc3)nc2c1. The molecular formula is C18H14N2O4. The molecule has 3 N–H and O–H groups in total. The summed E-state index contributed by atoms with van der Waals surface area (Å²) in [5.74, 6) is -2.02. The summed E-state index contributed by atoms with van der Waals surface area (Å²) in [6.07, 6.45) is 0. The van der Waals surface area contributed by atoms with Crippen LogP contribution in [0, 0.1) is 0 Å². The molecule has 2 aromatic carbocycles. The van der Waals surface area contributed by atoms with E-state index in [1.807, 2.05) is 30.3 Å². The van der Waals surface area contributed by atoms with Crippen molar-refractivity contribution >= 4 is 28.5 Å². The largest absolute Gasteiger partial charge is 0.480 e. The molecule has 0 fully saturated rings. The predicted octanol–water partition coefficient (Wildman–Crippen LogP) is 3.10. The second-order valence-corrected chi connectivity index (χ2v) is 5.21. The number of anilines is 1. The Morgan fingerprint density at radius 3 is 2.42 bits per heavy atom. The molecule has 6 nitrogen and oxygen atoms in total. The lowest BCUT2D eigenvalue weighted by atomic mass is 10.0. The number of carbonyl (C=O) groups is 2. The Labute approximate surface area is 137 Å². The Morgan fingerprint density at radius 1 is 1.00 bits per heavy atom. The zero-order chi connectivity index (χ0) is 17.1. The Bertz CT molecular complexity index is 923. The maximum Gasteiger partial charge on any atom is 0.336 e. The fourth-order valence-electron chi connectivity index (χ4n) is 2.45. The van der Waals surface area contributed by atoms with E-state index in [2.05, 4.69) is 10.3 Å². The summed E-state index contributed by atoms with van der Waals surface area (Å²) in [4.78, 5) is 26.8. The number of hydrogen-bond donors (Lipinski definition) is 3. The number of hydrogen-bond acceptors (Lipinski definition) is 4. The topological polar surface area (TPSA) is 99.5 Å². The average molecular weight is 322 g/mol. The van der Waals surface area contributed by atoms with Crippen molar-refractivity contribution in [1.29, 1.82) is 0 Å². The van der Waals surface area contributed by atoms with Gasteiger partial charge < -0.3 is 15.5 Å². The van der Waals surface area contributed by atoms with Gasteiger partial charge in [0.2, 0.25) is 0 Å². The highest BCUT2D eigenvalue weighted by Gasteiger charge is 2.13. The van der Waals surface area contributed by atoms with Gasteiger partial charge in [0.25, 0.3) is 0 Å². The summed E-state index contributed by atoms with van der Waals surface area (Å²) in [6.45, 7) is -0.227. The Morgan fingerprint density at radius 2 is 1.75 bits per heavy atom. The van der Waals surface area contributed by atoms with E-state index in [-0.39, 0.29) is 12.1 Å². The quantitative estimate of drug-likeness (QED) is 0.667. The van der Waals surface area contributed by atoms with Crippen LogP contribution in [0.1, 0.15) is 10.4 Å². The van der Waals surface area contributed by atoms with Crippen LogP contribution in [0.15, 0.2) is 54.6 Å². The van der Waals surface area contributed by atoms with Gasteiger partial charge in [-0.25, -0.2) is 9.78 Å². The van der Waals surface area contributed by atoms with Crippen molar-refractivity contribution in [2.45, 2.75) is 0 Å². The van der Waals surface area contributed by atoms with E-state index in [0.29, 0.717) is 22.3 Å². The summed E-state index contributed by atoms with van der Waals surface area (Å²) >= 11 is 0. The maximum atomic E-state index is 11.6. The van der Waals surface area contributed by atoms with Crippen LogP contribution in [0.25, 0.3) is 22.2 Å². The summed E-state index contributed by atoms with van der Waals surface area (Å²) < 4.78 is 0. The third-order valence-electron chi connectivity index (χ3n) is 3.55. The molecule has 3 rings (SSSR count). The van der Waals surface area contributed by atoms with Crippen molar-refractivity contribution in [3.05, 3.63) is 60.2 Å². The standard InChI is InChI=1S/C18H14N2O4/c21-17(22)10-19-12-6-7-13-14(18(23)24)9-15(20-16(13)8-12)11-4-2-1-3-5-11/h1-9,19H,10H2,(H,21,22)(H,23,24). The molecule has 1 heterocycles. The van der Waals surface area contributed by atoms with Gasteiger partial charge in [-0.3, -0.25) is 4.79 Å². The highest BCUT2D eigenvalue weighted by Crippen LogP contribution is 2.26. The fraction of sp³-hybridized carbons (Fsp3) is 0.0556. The van der Waals surface area contributed by atoms with Gasteiger partial charge in [0.1, 0.15) is 6.54 Å². The molecule has 0 saturated heterocycles. The van der Waals surface area contributed by atoms with Crippen LogP contribution >= 0.6 is 0 Å². The van der Waals surface area contributed by atoms with E-state index in [4.69, 9.17) is 5.11 Å². The molecule has 1 aromatic heterocycles. The van der Waals surface area contributed by atoms with Crippen molar-refractivity contribution in [3.63, 3.8) is 0 Å². The summed E-state index contributed by atoms with van der Waals surface area (Å²) in [7, 11) is 0. The number of rotatable bonds is 5. The van der Waals surface area contributed by atoms with Crippen molar-refractivity contribution in [2.24, 2.45) is 0 Å². The average Bonchev–Trinajstić information content (AvgIpc) is 2.59. The van der Waals surface area contributed by atoms with Gasteiger partial charge in [-0.05, 0) is 24.3 Å². The van der Waals surface area contributed by atoms with E-state index in [9.17, 15) is 14.7 Å². The first kappa shape index (κ1) is 15.5. The number of carboxylic acids is 2. The molecule has 6 heteroatoms. The molecule has 0 atom stereocenters. The Hall–Kier alpha value is -3.41. The van der Waals surface area contributed by atoms with Gasteiger partial charge in [0, 0.05) is 16.6 Å². The van der Waals surface area contributed by atoms with E-state index in [1.54, 1.807) is 24.3 Å². The molecule has 0 amide bonds. The van der Waals surface area contributed by atoms with Gasteiger partial charge in [-0.15, -0.1) is 0 Å². The van der Waals surface area contributed by atoms with Crippen molar-refractivity contribution in [2.75, 3.05) is 11.9 Å². The monoisotopic (exact) mass is 322 g/mol. The van der Waals surface area contributed by atoms with Gasteiger partial charge in [0.05, 0.1) is 16.8 Å². The minimum absolute atomic E-state index is 0.156. The van der Waals surface area contributed by atoms with E-state index in [0.717, 1.165) is 5.56 Å². The van der Waals surface area contributed by atoms with Crippen LogP contribution in [-0.4, -0.2) is 33.7 Å². The first-order valence-electron chi connectivity index (χ1n) is 7.24. The number of nitrogens with zero attached hydrogens (tertiary/aromatic N) is 1. The minimum Gasteiger partial charge on any atom is -0.480 e. The number of nitrogens with one attached hydrogen (secondary N) is 1. The normalized spacial score (nSPS) is 10.5. The van der Waals surface area contributed by atoms with Gasteiger partial charge in [0.15, 0.2) is 0 Å². The first-order valence-corrected chi connectivity index (χ1v) is 7.24. The molecule has 0 aliphatic heterocycles. The number of fused-ring (bicyclic) bond motifs is 1. The molecule has 0 bridgehead atoms. The van der Waals surface area contributed by atoms with Crippen molar-refractivity contribution in [1.82, 2.24) is 4.98 Å². The highest BCUT2D eigenvalue weighted by molar-refractivity contribution is 6.04. The van der Waals surface area contributed by atoms with Crippen LogP contribution in [-0.2, 0) is 4.79 Å². The molecule has 3 aromatic rings. The number of pyridine rings is 1. The van der Waals surface area contributed by atoms with Crippen LogP contribution in [0.2, 0.25) is 0 Å². The number of aromatic carboxylic acids is 1. The zero-order valence-electron chi connectivity index (χ0n) is 12.6. The second kappa shape index (κ2) is 6.37. The zero-order valence-corrected chi connectivity index (χ0v) is 12.6. The minimum atomic E-state index is -1.04.